The predicted molar refractivity (Wildman–Crippen MR) is 87.7 cm³/mol. The summed E-state index contributed by atoms with van der Waals surface area (Å²) in [5.41, 5.74) is 3.12. The number of Topliss-reactive ketones (excluding diaryl/α,β-unsaturated/α-hetero) is 1. The molecule has 0 aliphatic heterocycles. The van der Waals surface area contributed by atoms with Crippen molar-refractivity contribution in [2.75, 3.05) is 7.11 Å². The van der Waals surface area contributed by atoms with Crippen molar-refractivity contribution in [2.45, 2.75) is 12.3 Å². The molecule has 1 unspecified atom stereocenters. The van der Waals surface area contributed by atoms with Crippen molar-refractivity contribution in [2.24, 2.45) is 0 Å². The monoisotopic (exact) mass is 288 g/mol. The van der Waals surface area contributed by atoms with Gasteiger partial charge in [-0.2, -0.15) is 0 Å². The molecule has 0 radical (unpaired) electrons. The van der Waals surface area contributed by atoms with Crippen molar-refractivity contribution in [3.8, 4) is 5.75 Å². The quantitative estimate of drug-likeness (QED) is 0.700. The molecule has 1 atom stereocenters. The Kier molecular flexibility index (Phi) is 2.97. The minimum absolute atomic E-state index is 0.0771. The Hall–Kier alpha value is -2.61. The highest BCUT2D eigenvalue weighted by molar-refractivity contribution is 6.14. The van der Waals surface area contributed by atoms with Gasteiger partial charge in [0.2, 0.25) is 0 Å². The third-order valence-electron chi connectivity index (χ3n) is 4.52. The van der Waals surface area contributed by atoms with Gasteiger partial charge in [0.05, 0.1) is 13.0 Å². The van der Waals surface area contributed by atoms with Crippen molar-refractivity contribution in [3.05, 3.63) is 77.4 Å². The molecule has 0 amide bonds. The molecule has 3 aromatic carbocycles. The van der Waals surface area contributed by atoms with Crippen LogP contribution in [-0.2, 0) is 6.42 Å². The number of hydrogen-bond donors (Lipinski definition) is 0. The summed E-state index contributed by atoms with van der Waals surface area (Å²) in [6.07, 6.45) is 0.783. The van der Waals surface area contributed by atoms with Crippen LogP contribution in [0.2, 0.25) is 0 Å². The normalized spacial score (nSPS) is 16.8. The second-order valence-corrected chi connectivity index (χ2v) is 5.71. The minimum Gasteiger partial charge on any atom is -0.497 e. The Morgan fingerprint density at radius 2 is 1.73 bits per heavy atom. The summed E-state index contributed by atoms with van der Waals surface area (Å²) in [5, 5.41) is 2.20. The van der Waals surface area contributed by atoms with Gasteiger partial charge < -0.3 is 4.74 Å². The molecule has 22 heavy (non-hydrogen) atoms. The molecule has 0 N–H and O–H groups in total. The zero-order valence-electron chi connectivity index (χ0n) is 12.4. The number of carbonyl (C=O) groups is 1. The first-order valence-corrected chi connectivity index (χ1v) is 7.47. The summed E-state index contributed by atoms with van der Waals surface area (Å²) < 4.78 is 5.19. The molecule has 2 heteroatoms. The van der Waals surface area contributed by atoms with Crippen molar-refractivity contribution in [1.29, 1.82) is 0 Å². The van der Waals surface area contributed by atoms with Crippen LogP contribution in [0.4, 0.5) is 0 Å². The highest BCUT2D eigenvalue weighted by Crippen LogP contribution is 2.38. The van der Waals surface area contributed by atoms with Crippen LogP contribution in [0.25, 0.3) is 10.8 Å². The molecule has 4 rings (SSSR count). The average molecular weight is 288 g/mol. The number of fused-ring (bicyclic) bond motifs is 3. The smallest absolute Gasteiger partial charge is 0.171 e. The molecule has 1 aliphatic rings. The van der Waals surface area contributed by atoms with E-state index in [9.17, 15) is 4.79 Å². The van der Waals surface area contributed by atoms with Crippen LogP contribution < -0.4 is 4.74 Å². The maximum atomic E-state index is 12.9. The van der Waals surface area contributed by atoms with Crippen LogP contribution in [-0.4, -0.2) is 12.9 Å². The van der Waals surface area contributed by atoms with Gasteiger partial charge in [-0.25, -0.2) is 0 Å². The second-order valence-electron chi connectivity index (χ2n) is 5.71. The Morgan fingerprint density at radius 1 is 0.955 bits per heavy atom. The molecule has 0 fully saturated rings. The molecule has 0 bridgehead atoms. The third-order valence-corrected chi connectivity index (χ3v) is 4.52. The standard InChI is InChI=1S/C20H16O2/c1-22-16-10-8-14(9-11-16)18-12-15-7-6-13-4-2-3-5-17(13)19(15)20(18)21/h2-11,18H,12H2,1H3. The van der Waals surface area contributed by atoms with Gasteiger partial charge in [-0.3, -0.25) is 4.79 Å². The fraction of sp³-hybridized carbons (Fsp3) is 0.150. The molecule has 0 heterocycles. The Labute approximate surface area is 129 Å². The van der Waals surface area contributed by atoms with E-state index < -0.39 is 0 Å². The minimum atomic E-state index is -0.0771. The van der Waals surface area contributed by atoms with Crippen molar-refractivity contribution in [1.82, 2.24) is 0 Å². The van der Waals surface area contributed by atoms with Crippen LogP contribution in [0, 0.1) is 0 Å². The van der Waals surface area contributed by atoms with Crippen LogP contribution in [0.15, 0.2) is 60.7 Å². The van der Waals surface area contributed by atoms with E-state index in [-0.39, 0.29) is 11.7 Å². The average Bonchev–Trinajstić information content (AvgIpc) is 2.92. The van der Waals surface area contributed by atoms with Gasteiger partial charge in [0, 0.05) is 5.56 Å². The fourth-order valence-corrected chi connectivity index (χ4v) is 3.37. The number of rotatable bonds is 2. The first-order valence-electron chi connectivity index (χ1n) is 7.47. The zero-order chi connectivity index (χ0) is 15.1. The molecule has 3 aromatic rings. The number of benzene rings is 3. The SMILES string of the molecule is COc1ccc(C2Cc3ccc4ccccc4c3C2=O)cc1. The van der Waals surface area contributed by atoms with E-state index in [2.05, 4.69) is 18.2 Å². The van der Waals surface area contributed by atoms with Gasteiger partial charge in [-0.1, -0.05) is 48.5 Å². The summed E-state index contributed by atoms with van der Waals surface area (Å²) in [7, 11) is 1.65. The molecule has 2 nitrogen and oxygen atoms in total. The van der Waals surface area contributed by atoms with Gasteiger partial charge in [0.15, 0.2) is 5.78 Å². The van der Waals surface area contributed by atoms with Crippen LogP contribution in [0.5, 0.6) is 5.75 Å². The Balaban J connectivity index is 1.79. The summed E-state index contributed by atoms with van der Waals surface area (Å²) in [6, 6.07) is 20.1. The van der Waals surface area contributed by atoms with E-state index >= 15 is 0 Å². The summed E-state index contributed by atoms with van der Waals surface area (Å²) >= 11 is 0. The lowest BCUT2D eigenvalue weighted by Gasteiger charge is -2.09. The van der Waals surface area contributed by atoms with E-state index in [0.29, 0.717) is 0 Å². The van der Waals surface area contributed by atoms with E-state index in [1.165, 1.54) is 0 Å². The predicted octanol–water partition coefficient (Wildman–Crippen LogP) is 4.37. The molecule has 0 saturated carbocycles. The molecule has 0 aromatic heterocycles. The lowest BCUT2D eigenvalue weighted by molar-refractivity contribution is 0.0974. The van der Waals surface area contributed by atoms with Crippen molar-refractivity contribution < 1.29 is 9.53 Å². The van der Waals surface area contributed by atoms with Gasteiger partial charge >= 0.3 is 0 Å². The molecular formula is C20H16O2. The maximum absolute atomic E-state index is 12.9. The number of ketones is 1. The topological polar surface area (TPSA) is 26.3 Å². The second kappa shape index (κ2) is 4.99. The first-order chi connectivity index (χ1) is 10.8. The fourth-order valence-electron chi connectivity index (χ4n) is 3.37. The van der Waals surface area contributed by atoms with Crippen molar-refractivity contribution in [3.63, 3.8) is 0 Å². The van der Waals surface area contributed by atoms with Gasteiger partial charge in [-0.05, 0) is 40.5 Å². The third kappa shape index (κ3) is 1.92. The maximum Gasteiger partial charge on any atom is 0.171 e. The summed E-state index contributed by atoms with van der Waals surface area (Å²) in [6.45, 7) is 0. The highest BCUT2D eigenvalue weighted by atomic mass is 16.5. The van der Waals surface area contributed by atoms with Gasteiger partial charge in [-0.15, -0.1) is 0 Å². The van der Waals surface area contributed by atoms with Crippen LogP contribution in [0.1, 0.15) is 27.4 Å². The van der Waals surface area contributed by atoms with E-state index in [1.807, 2.05) is 42.5 Å². The number of carbonyl (C=O) groups excluding carboxylic acids is 1. The highest BCUT2D eigenvalue weighted by Gasteiger charge is 2.32. The first kappa shape index (κ1) is 13.1. The van der Waals surface area contributed by atoms with Crippen LogP contribution >= 0.6 is 0 Å². The summed E-state index contributed by atoms with van der Waals surface area (Å²) in [4.78, 5) is 12.9. The Morgan fingerprint density at radius 3 is 2.50 bits per heavy atom. The van der Waals surface area contributed by atoms with E-state index in [0.717, 1.165) is 39.6 Å². The molecular weight excluding hydrogens is 272 g/mol. The van der Waals surface area contributed by atoms with E-state index in [4.69, 9.17) is 4.74 Å². The number of hydrogen-bond acceptors (Lipinski definition) is 2. The molecule has 1 aliphatic carbocycles. The molecule has 108 valence electrons. The van der Waals surface area contributed by atoms with Crippen molar-refractivity contribution >= 4 is 16.6 Å². The largest absolute Gasteiger partial charge is 0.497 e. The van der Waals surface area contributed by atoms with E-state index in [1.54, 1.807) is 7.11 Å². The number of ether oxygens (including phenoxy) is 1. The lowest BCUT2D eigenvalue weighted by atomic mass is 9.94. The van der Waals surface area contributed by atoms with Gasteiger partial charge in [0.1, 0.15) is 5.75 Å². The zero-order valence-corrected chi connectivity index (χ0v) is 12.4. The Bertz CT molecular complexity index is 863. The molecule has 0 spiro atoms. The summed E-state index contributed by atoms with van der Waals surface area (Å²) in [5.74, 6) is 0.973. The van der Waals surface area contributed by atoms with Crippen LogP contribution in [0.3, 0.4) is 0 Å². The van der Waals surface area contributed by atoms with Gasteiger partial charge in [0.25, 0.3) is 0 Å². The molecule has 0 saturated heterocycles. The lowest BCUT2D eigenvalue weighted by Crippen LogP contribution is -2.07. The number of methoxy groups -OCH3 is 1.